The van der Waals surface area contributed by atoms with E-state index in [0.717, 1.165) is 26.1 Å². The molecule has 0 saturated carbocycles. The van der Waals surface area contributed by atoms with Crippen molar-refractivity contribution in [1.29, 1.82) is 0 Å². The van der Waals surface area contributed by atoms with Crippen LogP contribution in [0.4, 0.5) is 0 Å². The Morgan fingerprint density at radius 2 is 2.11 bits per heavy atom. The van der Waals surface area contributed by atoms with Gasteiger partial charge in [0.2, 0.25) is 0 Å². The predicted molar refractivity (Wildman–Crippen MR) is 73.5 cm³/mol. The maximum absolute atomic E-state index is 4.23. The van der Waals surface area contributed by atoms with Gasteiger partial charge >= 0.3 is 0 Å². The first kappa shape index (κ1) is 13.7. The molecule has 0 fully saturated rings. The maximum Gasteiger partial charge on any atom is 0.0948 e. The van der Waals surface area contributed by atoms with Gasteiger partial charge in [0.25, 0.3) is 0 Å². The van der Waals surface area contributed by atoms with Crippen LogP contribution in [-0.2, 0) is 19.6 Å². The number of aryl methyl sites for hydroxylation is 2. The Morgan fingerprint density at radius 3 is 2.79 bits per heavy atom. The molecule has 0 aliphatic carbocycles. The zero-order valence-electron chi connectivity index (χ0n) is 11.9. The van der Waals surface area contributed by atoms with Crippen LogP contribution in [-0.4, -0.2) is 30.1 Å². The number of aromatic nitrogens is 5. The highest BCUT2D eigenvalue weighted by atomic mass is 15.4. The minimum atomic E-state index is 0.121. The molecule has 6 nitrogen and oxygen atoms in total. The number of nitrogens with zero attached hydrogens (tertiary/aromatic N) is 5. The van der Waals surface area contributed by atoms with Gasteiger partial charge in [-0.05, 0) is 27.2 Å². The Labute approximate surface area is 113 Å². The first-order chi connectivity index (χ1) is 9.04. The molecule has 0 atom stereocenters. The van der Waals surface area contributed by atoms with Crippen LogP contribution in [0.1, 0.15) is 32.9 Å². The molecule has 6 heteroatoms. The van der Waals surface area contributed by atoms with E-state index >= 15 is 0 Å². The van der Waals surface area contributed by atoms with Gasteiger partial charge in [-0.2, -0.15) is 0 Å². The zero-order valence-corrected chi connectivity index (χ0v) is 11.9. The van der Waals surface area contributed by atoms with Crippen LogP contribution in [0.5, 0.6) is 0 Å². The fraction of sp³-hybridized carbons (Fsp3) is 0.615. The Balaban J connectivity index is 1.82. The van der Waals surface area contributed by atoms with E-state index in [1.807, 2.05) is 23.4 Å². The molecule has 104 valence electrons. The molecule has 2 aromatic rings. The van der Waals surface area contributed by atoms with Crippen molar-refractivity contribution in [2.75, 3.05) is 0 Å². The summed E-state index contributed by atoms with van der Waals surface area (Å²) in [6, 6.07) is 0. The molecule has 0 spiro atoms. The standard InChI is InChI=1S/C13H22N6/c1-13(2,3)15-10-12-9-14-11-18(12)6-4-7-19-8-5-16-17-19/h5,8-9,11,15H,4,6-7,10H2,1-3H3. The average molecular weight is 262 g/mol. The quantitative estimate of drug-likeness (QED) is 0.856. The van der Waals surface area contributed by atoms with Gasteiger partial charge in [0.1, 0.15) is 0 Å². The van der Waals surface area contributed by atoms with Gasteiger partial charge in [-0.15, -0.1) is 5.10 Å². The van der Waals surface area contributed by atoms with Crippen molar-refractivity contribution >= 4 is 0 Å². The summed E-state index contributed by atoms with van der Waals surface area (Å²) in [5.74, 6) is 0. The minimum Gasteiger partial charge on any atom is -0.333 e. The fourth-order valence-electron chi connectivity index (χ4n) is 1.81. The third kappa shape index (κ3) is 4.48. The van der Waals surface area contributed by atoms with Gasteiger partial charge in [-0.1, -0.05) is 5.21 Å². The summed E-state index contributed by atoms with van der Waals surface area (Å²) in [5, 5.41) is 11.2. The number of rotatable bonds is 6. The van der Waals surface area contributed by atoms with E-state index in [0.29, 0.717) is 0 Å². The first-order valence-corrected chi connectivity index (χ1v) is 6.63. The molecular weight excluding hydrogens is 240 g/mol. The summed E-state index contributed by atoms with van der Waals surface area (Å²) in [5.41, 5.74) is 1.34. The molecule has 1 N–H and O–H groups in total. The van der Waals surface area contributed by atoms with E-state index in [1.54, 1.807) is 6.20 Å². The lowest BCUT2D eigenvalue weighted by Gasteiger charge is -2.21. The third-order valence-electron chi connectivity index (χ3n) is 2.86. The number of hydrogen-bond acceptors (Lipinski definition) is 4. The molecule has 19 heavy (non-hydrogen) atoms. The molecule has 2 rings (SSSR count). The van der Waals surface area contributed by atoms with Crippen molar-refractivity contribution in [2.24, 2.45) is 0 Å². The monoisotopic (exact) mass is 262 g/mol. The van der Waals surface area contributed by atoms with Crippen LogP contribution in [0.15, 0.2) is 24.9 Å². The number of nitrogens with one attached hydrogen (secondary N) is 1. The predicted octanol–water partition coefficient (Wildman–Crippen LogP) is 1.45. The van der Waals surface area contributed by atoms with Gasteiger partial charge < -0.3 is 9.88 Å². The summed E-state index contributed by atoms with van der Waals surface area (Å²) in [6.45, 7) is 9.16. The Kier molecular flexibility index (Phi) is 4.31. The largest absolute Gasteiger partial charge is 0.333 e. The molecule has 2 heterocycles. The fourth-order valence-corrected chi connectivity index (χ4v) is 1.81. The van der Waals surface area contributed by atoms with E-state index in [2.05, 4.69) is 46.0 Å². The van der Waals surface area contributed by atoms with Crippen LogP contribution in [0, 0.1) is 0 Å². The van der Waals surface area contributed by atoms with Gasteiger partial charge in [-0.25, -0.2) is 4.98 Å². The highest BCUT2D eigenvalue weighted by Crippen LogP contribution is 2.05. The lowest BCUT2D eigenvalue weighted by molar-refractivity contribution is 0.412. The summed E-state index contributed by atoms with van der Waals surface area (Å²) in [6.07, 6.45) is 8.42. The lowest BCUT2D eigenvalue weighted by Crippen LogP contribution is -2.35. The van der Waals surface area contributed by atoms with Crippen molar-refractivity contribution in [2.45, 2.75) is 52.4 Å². The van der Waals surface area contributed by atoms with E-state index < -0.39 is 0 Å². The topological polar surface area (TPSA) is 60.6 Å². The van der Waals surface area contributed by atoms with Crippen molar-refractivity contribution in [1.82, 2.24) is 29.9 Å². The maximum atomic E-state index is 4.23. The lowest BCUT2D eigenvalue weighted by atomic mass is 10.1. The molecule has 0 aliphatic rings. The van der Waals surface area contributed by atoms with E-state index in [4.69, 9.17) is 0 Å². The summed E-state index contributed by atoms with van der Waals surface area (Å²) in [7, 11) is 0. The molecule has 0 unspecified atom stereocenters. The van der Waals surface area contributed by atoms with Crippen molar-refractivity contribution in [3.05, 3.63) is 30.6 Å². The second kappa shape index (κ2) is 5.97. The molecule has 0 radical (unpaired) electrons. The number of imidazole rings is 1. The van der Waals surface area contributed by atoms with Crippen LogP contribution in [0.25, 0.3) is 0 Å². The highest BCUT2D eigenvalue weighted by Gasteiger charge is 2.10. The van der Waals surface area contributed by atoms with Crippen LogP contribution >= 0.6 is 0 Å². The van der Waals surface area contributed by atoms with Crippen molar-refractivity contribution in [3.8, 4) is 0 Å². The van der Waals surface area contributed by atoms with Gasteiger partial charge in [0, 0.05) is 37.6 Å². The minimum absolute atomic E-state index is 0.121. The van der Waals surface area contributed by atoms with Crippen molar-refractivity contribution < 1.29 is 0 Å². The Bertz CT molecular complexity index is 479. The van der Waals surface area contributed by atoms with Gasteiger partial charge in [0.15, 0.2) is 0 Å². The Morgan fingerprint density at radius 1 is 1.26 bits per heavy atom. The number of hydrogen-bond donors (Lipinski definition) is 1. The molecule has 0 aliphatic heterocycles. The molecule has 0 amide bonds. The van der Waals surface area contributed by atoms with E-state index in [1.165, 1.54) is 5.69 Å². The summed E-state index contributed by atoms with van der Waals surface area (Å²) < 4.78 is 4.04. The smallest absolute Gasteiger partial charge is 0.0948 e. The molecule has 0 aromatic carbocycles. The first-order valence-electron chi connectivity index (χ1n) is 6.63. The van der Waals surface area contributed by atoms with E-state index in [-0.39, 0.29) is 5.54 Å². The Hall–Kier alpha value is -1.69. The third-order valence-corrected chi connectivity index (χ3v) is 2.86. The SMILES string of the molecule is CC(C)(C)NCc1cncn1CCCn1ccnn1. The summed E-state index contributed by atoms with van der Waals surface area (Å²) >= 11 is 0. The molecular formula is C13H22N6. The van der Waals surface area contributed by atoms with Crippen LogP contribution in [0.2, 0.25) is 0 Å². The normalized spacial score (nSPS) is 11.9. The second-order valence-electron chi connectivity index (χ2n) is 5.70. The molecule has 2 aromatic heterocycles. The average Bonchev–Trinajstić information content (AvgIpc) is 2.96. The second-order valence-corrected chi connectivity index (χ2v) is 5.70. The van der Waals surface area contributed by atoms with Crippen molar-refractivity contribution in [3.63, 3.8) is 0 Å². The van der Waals surface area contributed by atoms with Gasteiger partial charge in [-0.3, -0.25) is 4.68 Å². The zero-order chi connectivity index (χ0) is 13.7. The summed E-state index contributed by atoms with van der Waals surface area (Å²) in [4.78, 5) is 4.23. The van der Waals surface area contributed by atoms with Crippen LogP contribution in [0.3, 0.4) is 0 Å². The molecule has 0 saturated heterocycles. The van der Waals surface area contributed by atoms with Gasteiger partial charge in [0.05, 0.1) is 18.2 Å². The molecule has 0 bridgehead atoms. The highest BCUT2D eigenvalue weighted by molar-refractivity contribution is 4.98. The van der Waals surface area contributed by atoms with Crippen LogP contribution < -0.4 is 5.32 Å². The van der Waals surface area contributed by atoms with E-state index in [9.17, 15) is 0 Å².